The van der Waals surface area contributed by atoms with Crippen molar-refractivity contribution in [1.82, 2.24) is 29.5 Å². The standard InChI is InChI=1S/C16H16N6O4S/c1-17-14(23)8-26-13-4-9(24-2)6-21-12(13)5-10(19-21)11-7-22-15(18-11)27-16(20-22)25-3/h4-7H,8H2,1-3H3,(H,17,23). The Kier molecular flexibility index (Phi) is 4.28. The van der Waals surface area contributed by atoms with Gasteiger partial charge in [-0.2, -0.15) is 5.10 Å². The summed E-state index contributed by atoms with van der Waals surface area (Å²) >= 11 is 1.34. The number of fused-ring (bicyclic) bond motifs is 2. The molecule has 11 heteroatoms. The summed E-state index contributed by atoms with van der Waals surface area (Å²) in [5, 5.41) is 11.9. The lowest BCUT2D eigenvalue weighted by Gasteiger charge is -2.09. The van der Waals surface area contributed by atoms with Gasteiger partial charge in [0.2, 0.25) is 4.96 Å². The molecule has 4 rings (SSSR count). The molecule has 1 N–H and O–H groups in total. The minimum Gasteiger partial charge on any atom is -0.495 e. The van der Waals surface area contributed by atoms with E-state index in [1.807, 2.05) is 6.07 Å². The second kappa shape index (κ2) is 6.76. The van der Waals surface area contributed by atoms with Gasteiger partial charge in [-0.15, -0.1) is 5.10 Å². The van der Waals surface area contributed by atoms with E-state index in [2.05, 4.69) is 20.5 Å². The van der Waals surface area contributed by atoms with Gasteiger partial charge in [0.1, 0.15) is 28.4 Å². The quantitative estimate of drug-likeness (QED) is 0.530. The van der Waals surface area contributed by atoms with Gasteiger partial charge >= 0.3 is 0 Å². The van der Waals surface area contributed by atoms with Crippen LogP contribution in [0.5, 0.6) is 16.7 Å². The lowest BCUT2D eigenvalue weighted by molar-refractivity contribution is -0.122. The second-order valence-corrected chi connectivity index (χ2v) is 6.41. The molecule has 0 unspecified atom stereocenters. The summed E-state index contributed by atoms with van der Waals surface area (Å²) in [6.45, 7) is -0.107. The number of ether oxygens (including phenoxy) is 3. The number of amides is 1. The fourth-order valence-corrected chi connectivity index (χ4v) is 3.19. The number of rotatable bonds is 6. The first kappa shape index (κ1) is 17.1. The zero-order valence-electron chi connectivity index (χ0n) is 14.8. The van der Waals surface area contributed by atoms with Crippen LogP contribution in [-0.2, 0) is 4.79 Å². The van der Waals surface area contributed by atoms with Gasteiger partial charge < -0.3 is 19.5 Å². The average Bonchev–Trinajstić information content (AvgIpc) is 3.37. The van der Waals surface area contributed by atoms with E-state index >= 15 is 0 Å². The molecule has 0 aliphatic carbocycles. The number of carbonyl (C=O) groups is 1. The van der Waals surface area contributed by atoms with Crippen molar-refractivity contribution in [3.8, 4) is 28.1 Å². The van der Waals surface area contributed by atoms with Gasteiger partial charge in [-0.3, -0.25) is 4.79 Å². The summed E-state index contributed by atoms with van der Waals surface area (Å²) in [4.78, 5) is 16.7. The van der Waals surface area contributed by atoms with Gasteiger partial charge in [0.05, 0.1) is 26.6 Å². The zero-order chi connectivity index (χ0) is 19.0. The van der Waals surface area contributed by atoms with Crippen LogP contribution in [0.2, 0.25) is 0 Å². The summed E-state index contributed by atoms with van der Waals surface area (Å²) in [5.74, 6) is 0.809. The maximum absolute atomic E-state index is 11.5. The van der Waals surface area contributed by atoms with E-state index in [0.29, 0.717) is 38.6 Å². The van der Waals surface area contributed by atoms with Crippen LogP contribution < -0.4 is 19.5 Å². The Bertz CT molecular complexity index is 1100. The maximum Gasteiger partial charge on any atom is 0.294 e. The van der Waals surface area contributed by atoms with E-state index in [-0.39, 0.29) is 12.5 Å². The van der Waals surface area contributed by atoms with E-state index in [1.165, 1.54) is 11.3 Å². The highest BCUT2D eigenvalue weighted by Gasteiger charge is 2.16. The molecule has 0 saturated carbocycles. The number of nitrogens with zero attached hydrogens (tertiary/aromatic N) is 5. The van der Waals surface area contributed by atoms with Crippen LogP contribution >= 0.6 is 11.3 Å². The molecule has 4 aromatic heterocycles. The third kappa shape index (κ3) is 3.12. The SMILES string of the molecule is CNC(=O)COc1cc(OC)cn2nc(-c3cn4nc(OC)sc4n3)cc12. The first-order chi connectivity index (χ1) is 13.1. The molecule has 4 aromatic rings. The average molecular weight is 388 g/mol. The predicted octanol–water partition coefficient (Wildman–Crippen LogP) is 1.25. The smallest absolute Gasteiger partial charge is 0.294 e. The monoisotopic (exact) mass is 388 g/mol. The highest BCUT2D eigenvalue weighted by molar-refractivity contribution is 7.18. The number of carbonyl (C=O) groups excluding carboxylic acids is 1. The Morgan fingerprint density at radius 2 is 2.00 bits per heavy atom. The van der Waals surface area contributed by atoms with Crippen LogP contribution in [-0.4, -0.2) is 58.0 Å². The lowest BCUT2D eigenvalue weighted by Crippen LogP contribution is -2.24. The normalized spacial score (nSPS) is 11.1. The minimum absolute atomic E-state index is 0.107. The van der Waals surface area contributed by atoms with Crippen molar-refractivity contribution < 1.29 is 19.0 Å². The molecule has 0 atom stereocenters. The molecule has 0 saturated heterocycles. The molecule has 0 bridgehead atoms. The van der Waals surface area contributed by atoms with Crippen LogP contribution in [0, 0.1) is 0 Å². The van der Waals surface area contributed by atoms with E-state index in [1.54, 1.807) is 48.8 Å². The summed E-state index contributed by atoms with van der Waals surface area (Å²) < 4.78 is 19.3. The number of methoxy groups -OCH3 is 2. The fourth-order valence-electron chi connectivity index (χ4n) is 2.49. The zero-order valence-corrected chi connectivity index (χ0v) is 15.6. The Balaban J connectivity index is 1.74. The lowest BCUT2D eigenvalue weighted by atomic mass is 10.3. The second-order valence-electron chi connectivity index (χ2n) is 5.49. The number of imidazole rings is 1. The first-order valence-corrected chi connectivity index (χ1v) is 8.74. The summed E-state index contributed by atoms with van der Waals surface area (Å²) in [5.41, 5.74) is 2.00. The molecule has 10 nitrogen and oxygen atoms in total. The van der Waals surface area contributed by atoms with Crippen molar-refractivity contribution in [2.24, 2.45) is 0 Å². The van der Waals surface area contributed by atoms with E-state index < -0.39 is 0 Å². The van der Waals surface area contributed by atoms with Crippen LogP contribution in [0.15, 0.2) is 24.5 Å². The van der Waals surface area contributed by atoms with E-state index in [4.69, 9.17) is 14.2 Å². The molecule has 4 heterocycles. The van der Waals surface area contributed by atoms with Gasteiger partial charge in [-0.05, 0) is 17.4 Å². The Labute approximate surface area is 157 Å². The van der Waals surface area contributed by atoms with Crippen LogP contribution in [0.3, 0.4) is 0 Å². The van der Waals surface area contributed by atoms with Gasteiger partial charge in [0, 0.05) is 13.1 Å². The maximum atomic E-state index is 11.5. The number of hydrogen-bond donors (Lipinski definition) is 1. The molecule has 0 aliphatic heterocycles. The van der Waals surface area contributed by atoms with Gasteiger partial charge in [0.15, 0.2) is 6.61 Å². The van der Waals surface area contributed by atoms with Crippen molar-refractivity contribution >= 4 is 27.7 Å². The highest BCUT2D eigenvalue weighted by atomic mass is 32.1. The van der Waals surface area contributed by atoms with Crippen molar-refractivity contribution in [2.45, 2.75) is 0 Å². The third-order valence-electron chi connectivity index (χ3n) is 3.85. The molecule has 1 amide bonds. The number of nitrogens with one attached hydrogen (secondary N) is 1. The molecule has 0 radical (unpaired) electrons. The first-order valence-electron chi connectivity index (χ1n) is 7.92. The fraction of sp³-hybridized carbons (Fsp3) is 0.250. The van der Waals surface area contributed by atoms with Crippen molar-refractivity contribution in [1.29, 1.82) is 0 Å². The topological polar surface area (TPSA) is 104 Å². The molecule has 140 valence electrons. The number of hydrogen-bond acceptors (Lipinski definition) is 8. The number of likely N-dealkylation sites (N-methyl/N-ethyl adjacent to an activating group) is 1. The Morgan fingerprint density at radius 3 is 2.70 bits per heavy atom. The van der Waals surface area contributed by atoms with Crippen LogP contribution in [0.1, 0.15) is 0 Å². The molecule has 0 aliphatic rings. The summed E-state index contributed by atoms with van der Waals surface area (Å²) in [7, 11) is 4.67. The summed E-state index contributed by atoms with van der Waals surface area (Å²) in [6.07, 6.45) is 3.50. The Hall–Kier alpha value is -3.34. The van der Waals surface area contributed by atoms with E-state index in [9.17, 15) is 4.79 Å². The minimum atomic E-state index is -0.231. The van der Waals surface area contributed by atoms with Crippen molar-refractivity contribution in [2.75, 3.05) is 27.9 Å². The van der Waals surface area contributed by atoms with Gasteiger partial charge in [0.25, 0.3) is 11.1 Å². The molecule has 0 fully saturated rings. The molecule has 27 heavy (non-hydrogen) atoms. The van der Waals surface area contributed by atoms with Gasteiger partial charge in [-0.1, -0.05) is 0 Å². The highest BCUT2D eigenvalue weighted by Crippen LogP contribution is 2.30. The van der Waals surface area contributed by atoms with Crippen LogP contribution in [0.25, 0.3) is 21.9 Å². The van der Waals surface area contributed by atoms with Crippen LogP contribution in [0.4, 0.5) is 0 Å². The largest absolute Gasteiger partial charge is 0.495 e. The molecule has 0 aromatic carbocycles. The Morgan fingerprint density at radius 1 is 1.15 bits per heavy atom. The molecule has 0 spiro atoms. The molecular formula is C16H16N6O4S. The summed E-state index contributed by atoms with van der Waals surface area (Å²) in [6, 6.07) is 3.55. The predicted molar refractivity (Wildman–Crippen MR) is 97.7 cm³/mol. The van der Waals surface area contributed by atoms with Crippen molar-refractivity contribution in [3.63, 3.8) is 0 Å². The number of pyridine rings is 1. The number of aromatic nitrogens is 5. The van der Waals surface area contributed by atoms with E-state index in [0.717, 1.165) is 0 Å². The third-order valence-corrected chi connectivity index (χ3v) is 4.73. The van der Waals surface area contributed by atoms with Gasteiger partial charge in [-0.25, -0.2) is 14.0 Å². The molecular weight excluding hydrogens is 372 g/mol. The van der Waals surface area contributed by atoms with Crippen molar-refractivity contribution in [3.05, 3.63) is 24.5 Å².